The monoisotopic (exact) mass is 372 g/mol. The number of pyridine rings is 1. The van der Waals surface area contributed by atoms with E-state index in [0.717, 1.165) is 11.1 Å². The fraction of sp³-hybridized carbons (Fsp3) is 0.250. The predicted molar refractivity (Wildman–Crippen MR) is 98.6 cm³/mol. The zero-order valence-electron chi connectivity index (χ0n) is 13.3. The number of ether oxygens (including phenoxy) is 1. The van der Waals surface area contributed by atoms with Crippen LogP contribution in [0, 0.1) is 0 Å². The molecule has 1 N–H and O–H groups in total. The van der Waals surface area contributed by atoms with Crippen LogP contribution in [0.15, 0.2) is 30.5 Å². The number of benzene rings is 1. The van der Waals surface area contributed by atoms with Gasteiger partial charge in [0, 0.05) is 29.1 Å². The molecule has 0 fully saturated rings. The van der Waals surface area contributed by atoms with Gasteiger partial charge in [0.05, 0.1) is 12.1 Å². The first-order chi connectivity index (χ1) is 11.1. The fourth-order valence-electron chi connectivity index (χ4n) is 1.79. The smallest absolute Gasteiger partial charge is 0.261 e. The third kappa shape index (κ3) is 5.03. The van der Waals surface area contributed by atoms with Crippen molar-refractivity contribution in [2.24, 2.45) is 0 Å². The summed E-state index contributed by atoms with van der Waals surface area (Å²) in [5.41, 5.74) is 2.06. The summed E-state index contributed by atoms with van der Waals surface area (Å²) in [4.78, 5) is 15.8. The lowest BCUT2D eigenvalue weighted by Gasteiger charge is -2.11. The molecule has 7 heteroatoms. The van der Waals surface area contributed by atoms with E-state index in [2.05, 4.69) is 9.71 Å². The van der Waals surface area contributed by atoms with Crippen molar-refractivity contribution in [1.82, 2.24) is 9.71 Å². The van der Waals surface area contributed by atoms with Crippen molar-refractivity contribution in [3.8, 4) is 16.9 Å². The van der Waals surface area contributed by atoms with Gasteiger partial charge in [0.15, 0.2) is 0 Å². The standard InChI is InChI=1S/C14H12Cl2N2O2S.C2H6/c1-20-12-6-8(14(19)18-21-2)3-4-10(12)9-5-11(15)13(16)17-7-9;1-2/h3-7H,1-2H3,(H,18,19);1-2H3. The number of carbonyl (C=O) groups excluding carboxylic acids is 1. The highest BCUT2D eigenvalue weighted by Gasteiger charge is 2.12. The van der Waals surface area contributed by atoms with Gasteiger partial charge < -0.3 is 4.74 Å². The summed E-state index contributed by atoms with van der Waals surface area (Å²) in [6, 6.07) is 6.88. The zero-order chi connectivity index (χ0) is 17.4. The quantitative estimate of drug-likeness (QED) is 0.599. The minimum absolute atomic E-state index is 0.181. The Kier molecular flexibility index (Phi) is 8.23. The molecule has 1 amide bonds. The van der Waals surface area contributed by atoms with Crippen LogP contribution in [0.2, 0.25) is 10.2 Å². The Labute approximate surface area is 150 Å². The Hall–Kier alpha value is -1.43. The Morgan fingerprint density at radius 1 is 1.26 bits per heavy atom. The Bertz CT molecular complexity index is 681. The van der Waals surface area contributed by atoms with Gasteiger partial charge in [-0.2, -0.15) is 0 Å². The molecule has 0 aliphatic rings. The number of nitrogens with zero attached hydrogens (tertiary/aromatic N) is 1. The van der Waals surface area contributed by atoms with Crippen molar-refractivity contribution in [2.75, 3.05) is 13.4 Å². The van der Waals surface area contributed by atoms with Crippen LogP contribution in [-0.2, 0) is 0 Å². The molecule has 2 rings (SSSR count). The molecule has 23 heavy (non-hydrogen) atoms. The van der Waals surface area contributed by atoms with Crippen LogP contribution >= 0.6 is 35.1 Å². The van der Waals surface area contributed by atoms with Crippen molar-refractivity contribution in [3.05, 3.63) is 46.2 Å². The van der Waals surface area contributed by atoms with Gasteiger partial charge in [0.1, 0.15) is 10.9 Å². The van der Waals surface area contributed by atoms with Gasteiger partial charge in [0.2, 0.25) is 0 Å². The van der Waals surface area contributed by atoms with Gasteiger partial charge in [-0.15, -0.1) is 0 Å². The normalized spacial score (nSPS) is 9.65. The molecule has 0 bridgehead atoms. The molecule has 0 spiro atoms. The first-order valence-electron chi connectivity index (χ1n) is 6.89. The molecule has 0 radical (unpaired) electrons. The molecule has 2 aromatic rings. The molecule has 0 aliphatic carbocycles. The van der Waals surface area contributed by atoms with Gasteiger partial charge in [0.25, 0.3) is 5.91 Å². The van der Waals surface area contributed by atoms with Crippen LogP contribution in [-0.4, -0.2) is 24.3 Å². The Balaban J connectivity index is 0.00000127. The first kappa shape index (κ1) is 19.6. The maximum atomic E-state index is 11.8. The number of hydrogen-bond acceptors (Lipinski definition) is 4. The van der Waals surface area contributed by atoms with E-state index in [1.165, 1.54) is 11.9 Å². The molecule has 0 atom stereocenters. The third-order valence-electron chi connectivity index (χ3n) is 2.77. The lowest BCUT2D eigenvalue weighted by molar-refractivity contribution is 0.0984. The number of rotatable bonds is 4. The summed E-state index contributed by atoms with van der Waals surface area (Å²) in [5.74, 6) is 0.378. The molecule has 0 saturated carbocycles. The molecule has 4 nitrogen and oxygen atoms in total. The van der Waals surface area contributed by atoms with Gasteiger partial charge in [-0.25, -0.2) is 4.98 Å². The summed E-state index contributed by atoms with van der Waals surface area (Å²) in [6.07, 6.45) is 3.39. The summed E-state index contributed by atoms with van der Waals surface area (Å²) >= 11 is 13.0. The van der Waals surface area contributed by atoms with Gasteiger partial charge in [-0.1, -0.05) is 49.0 Å². The predicted octanol–water partition coefficient (Wildman–Crippen LogP) is 5.10. The van der Waals surface area contributed by atoms with E-state index < -0.39 is 0 Å². The zero-order valence-corrected chi connectivity index (χ0v) is 15.6. The maximum Gasteiger partial charge on any atom is 0.261 e. The molecule has 0 saturated heterocycles. The number of amides is 1. The van der Waals surface area contributed by atoms with Crippen molar-refractivity contribution >= 4 is 41.1 Å². The van der Waals surface area contributed by atoms with Crippen LogP contribution in [0.5, 0.6) is 5.75 Å². The van der Waals surface area contributed by atoms with E-state index in [9.17, 15) is 4.79 Å². The third-order valence-corrected chi connectivity index (χ3v) is 3.84. The van der Waals surface area contributed by atoms with E-state index in [1.54, 1.807) is 43.8 Å². The molecule has 0 unspecified atom stereocenters. The number of aromatic nitrogens is 1. The largest absolute Gasteiger partial charge is 0.496 e. The number of nitrogens with one attached hydrogen (secondary N) is 1. The van der Waals surface area contributed by atoms with E-state index in [1.807, 2.05) is 13.8 Å². The van der Waals surface area contributed by atoms with Gasteiger partial charge >= 0.3 is 0 Å². The highest BCUT2D eigenvalue weighted by atomic mass is 35.5. The topological polar surface area (TPSA) is 51.2 Å². The second kappa shape index (κ2) is 9.65. The summed E-state index contributed by atoms with van der Waals surface area (Å²) in [5, 5.41) is 0.607. The molecular formula is C16H18Cl2N2O2S. The second-order valence-electron chi connectivity index (χ2n) is 4.05. The SMILES string of the molecule is CC.COc1cc(C(=O)NSC)ccc1-c1cnc(Cl)c(Cl)c1. The Morgan fingerprint density at radius 2 is 1.96 bits per heavy atom. The molecule has 1 aromatic carbocycles. The van der Waals surface area contributed by atoms with Crippen molar-refractivity contribution < 1.29 is 9.53 Å². The number of hydrogen-bond donors (Lipinski definition) is 1. The Morgan fingerprint density at radius 3 is 2.52 bits per heavy atom. The molecule has 1 heterocycles. The average Bonchev–Trinajstić information content (AvgIpc) is 2.59. The summed E-state index contributed by atoms with van der Waals surface area (Å²) in [6.45, 7) is 4.00. The van der Waals surface area contributed by atoms with Crippen LogP contribution in [0.25, 0.3) is 11.1 Å². The fourth-order valence-corrected chi connectivity index (χ4v) is 2.36. The molecule has 0 aliphatic heterocycles. The van der Waals surface area contributed by atoms with Crippen LogP contribution < -0.4 is 9.46 Å². The van der Waals surface area contributed by atoms with E-state index in [4.69, 9.17) is 27.9 Å². The van der Waals surface area contributed by atoms with Crippen LogP contribution in [0.4, 0.5) is 0 Å². The second-order valence-corrected chi connectivity index (χ2v) is 5.42. The number of halogens is 2. The molecule has 1 aromatic heterocycles. The van der Waals surface area contributed by atoms with E-state index in [-0.39, 0.29) is 11.1 Å². The average molecular weight is 373 g/mol. The first-order valence-corrected chi connectivity index (χ1v) is 8.87. The number of methoxy groups -OCH3 is 1. The maximum absolute atomic E-state index is 11.8. The number of carbonyl (C=O) groups is 1. The van der Waals surface area contributed by atoms with E-state index in [0.29, 0.717) is 16.3 Å². The van der Waals surface area contributed by atoms with Crippen molar-refractivity contribution in [3.63, 3.8) is 0 Å². The van der Waals surface area contributed by atoms with E-state index >= 15 is 0 Å². The van der Waals surface area contributed by atoms with Gasteiger partial charge in [-0.05, 0) is 24.3 Å². The minimum atomic E-state index is -0.181. The van der Waals surface area contributed by atoms with Crippen LogP contribution in [0.1, 0.15) is 24.2 Å². The minimum Gasteiger partial charge on any atom is -0.496 e. The molecular weight excluding hydrogens is 355 g/mol. The summed E-state index contributed by atoms with van der Waals surface area (Å²) < 4.78 is 8.01. The molecule has 124 valence electrons. The van der Waals surface area contributed by atoms with Crippen molar-refractivity contribution in [2.45, 2.75) is 13.8 Å². The highest BCUT2D eigenvalue weighted by Crippen LogP contribution is 2.33. The summed E-state index contributed by atoms with van der Waals surface area (Å²) in [7, 11) is 1.54. The lowest BCUT2D eigenvalue weighted by atomic mass is 10.0. The van der Waals surface area contributed by atoms with Crippen molar-refractivity contribution in [1.29, 1.82) is 0 Å². The lowest BCUT2D eigenvalue weighted by Crippen LogP contribution is -2.15. The van der Waals surface area contributed by atoms with Crippen LogP contribution in [0.3, 0.4) is 0 Å². The van der Waals surface area contributed by atoms with Gasteiger partial charge in [-0.3, -0.25) is 9.52 Å². The highest BCUT2D eigenvalue weighted by molar-refractivity contribution is 7.97.